The van der Waals surface area contributed by atoms with Crippen LogP contribution in [0.25, 0.3) is 0 Å². The van der Waals surface area contributed by atoms with Crippen LogP contribution in [0, 0.1) is 5.82 Å². The molecule has 0 amide bonds. The minimum absolute atomic E-state index is 0.176. The molecular weight excluding hydrogens is 233 g/mol. The second kappa shape index (κ2) is 3.66. The van der Waals surface area contributed by atoms with Crippen molar-refractivity contribution >= 4 is 21.6 Å². The Morgan fingerprint density at radius 1 is 1.23 bits per heavy atom. The van der Waals surface area contributed by atoms with E-state index in [1.54, 1.807) is 12.1 Å². The fourth-order valence-corrected chi connectivity index (χ4v) is 1.90. The van der Waals surface area contributed by atoms with Gasteiger partial charge in [-0.2, -0.15) is 0 Å². The van der Waals surface area contributed by atoms with E-state index in [0.29, 0.717) is 4.47 Å². The van der Waals surface area contributed by atoms with Gasteiger partial charge in [0.1, 0.15) is 5.82 Å². The third-order valence-corrected chi connectivity index (χ3v) is 3.02. The van der Waals surface area contributed by atoms with Crippen molar-refractivity contribution in [3.05, 3.63) is 28.5 Å². The summed E-state index contributed by atoms with van der Waals surface area (Å²) in [5.41, 5.74) is 0.998. The first-order chi connectivity index (χ1) is 6.27. The molecule has 0 unspecified atom stereocenters. The fourth-order valence-electron chi connectivity index (χ4n) is 1.66. The van der Waals surface area contributed by atoms with Crippen molar-refractivity contribution in [2.75, 3.05) is 18.0 Å². The van der Waals surface area contributed by atoms with E-state index in [1.807, 2.05) is 6.07 Å². The quantitative estimate of drug-likeness (QED) is 0.733. The molecule has 0 aromatic heterocycles. The maximum absolute atomic E-state index is 13.2. The van der Waals surface area contributed by atoms with Crippen LogP contribution < -0.4 is 4.90 Å². The Labute approximate surface area is 85.7 Å². The summed E-state index contributed by atoms with van der Waals surface area (Å²) in [5.74, 6) is -0.176. The zero-order valence-electron chi connectivity index (χ0n) is 7.26. The summed E-state index contributed by atoms with van der Waals surface area (Å²) in [6.07, 6.45) is 2.44. The van der Waals surface area contributed by atoms with Crippen molar-refractivity contribution in [2.45, 2.75) is 12.8 Å². The molecule has 1 heterocycles. The Bertz CT molecular complexity index is 308. The van der Waals surface area contributed by atoms with Crippen molar-refractivity contribution in [3.63, 3.8) is 0 Å². The van der Waals surface area contributed by atoms with Crippen LogP contribution in [-0.2, 0) is 0 Å². The number of halogens is 2. The highest BCUT2D eigenvalue weighted by atomic mass is 79.9. The average Bonchev–Trinajstić information content (AvgIpc) is 2.62. The highest BCUT2D eigenvalue weighted by Crippen LogP contribution is 2.24. The number of benzene rings is 1. The normalized spacial score (nSPS) is 16.6. The van der Waals surface area contributed by atoms with Gasteiger partial charge < -0.3 is 4.90 Å². The molecule has 1 saturated heterocycles. The molecule has 70 valence electrons. The van der Waals surface area contributed by atoms with Gasteiger partial charge in [0, 0.05) is 18.8 Å². The predicted octanol–water partition coefficient (Wildman–Crippen LogP) is 3.19. The first-order valence-electron chi connectivity index (χ1n) is 4.47. The van der Waals surface area contributed by atoms with Crippen molar-refractivity contribution in [2.24, 2.45) is 0 Å². The van der Waals surface area contributed by atoms with Gasteiger partial charge in [-0.3, -0.25) is 0 Å². The summed E-state index contributed by atoms with van der Waals surface area (Å²) in [6, 6.07) is 5.32. The van der Waals surface area contributed by atoms with Gasteiger partial charge in [0.2, 0.25) is 0 Å². The van der Waals surface area contributed by atoms with Crippen LogP contribution >= 0.6 is 15.9 Å². The summed E-state index contributed by atoms with van der Waals surface area (Å²) in [7, 11) is 0. The van der Waals surface area contributed by atoms with E-state index in [2.05, 4.69) is 20.8 Å². The van der Waals surface area contributed by atoms with Crippen LogP contribution in [0.3, 0.4) is 0 Å². The number of hydrogen-bond acceptors (Lipinski definition) is 1. The lowest BCUT2D eigenvalue weighted by molar-refractivity contribution is 0.620. The van der Waals surface area contributed by atoms with Crippen LogP contribution in [-0.4, -0.2) is 13.1 Å². The second-order valence-electron chi connectivity index (χ2n) is 3.29. The van der Waals surface area contributed by atoms with Crippen LogP contribution in [0.15, 0.2) is 22.7 Å². The molecule has 0 bridgehead atoms. The lowest BCUT2D eigenvalue weighted by Crippen LogP contribution is -2.17. The average molecular weight is 244 g/mol. The van der Waals surface area contributed by atoms with Gasteiger partial charge in [-0.05, 0) is 47.0 Å². The molecule has 1 aromatic rings. The maximum Gasteiger partial charge on any atom is 0.139 e. The molecule has 13 heavy (non-hydrogen) atoms. The van der Waals surface area contributed by atoms with E-state index in [-0.39, 0.29) is 5.82 Å². The predicted molar refractivity (Wildman–Crippen MR) is 55.5 cm³/mol. The Hall–Kier alpha value is -0.570. The van der Waals surface area contributed by atoms with Crippen LogP contribution in [0.4, 0.5) is 10.1 Å². The van der Waals surface area contributed by atoms with Gasteiger partial charge in [-0.25, -0.2) is 4.39 Å². The summed E-state index contributed by atoms with van der Waals surface area (Å²) in [6.45, 7) is 2.11. The summed E-state index contributed by atoms with van der Waals surface area (Å²) in [4.78, 5) is 2.22. The fraction of sp³-hybridized carbons (Fsp3) is 0.400. The molecule has 1 nitrogen and oxygen atoms in total. The topological polar surface area (TPSA) is 3.24 Å². The van der Waals surface area contributed by atoms with Gasteiger partial charge in [-0.1, -0.05) is 0 Å². The molecule has 1 aromatic carbocycles. The summed E-state index contributed by atoms with van der Waals surface area (Å²) >= 11 is 3.14. The molecule has 0 spiro atoms. The molecule has 0 radical (unpaired) electrons. The van der Waals surface area contributed by atoms with Crippen LogP contribution in [0.1, 0.15) is 12.8 Å². The van der Waals surface area contributed by atoms with Gasteiger partial charge in [-0.15, -0.1) is 0 Å². The minimum Gasteiger partial charge on any atom is -0.371 e. The SMILES string of the molecule is Fc1cc(N2CCCC2)ccc1Br. The van der Waals surface area contributed by atoms with Gasteiger partial charge >= 0.3 is 0 Å². The molecule has 1 aliphatic rings. The van der Waals surface area contributed by atoms with E-state index in [4.69, 9.17) is 0 Å². The van der Waals surface area contributed by atoms with E-state index >= 15 is 0 Å². The van der Waals surface area contributed by atoms with Gasteiger partial charge in [0.25, 0.3) is 0 Å². The van der Waals surface area contributed by atoms with Gasteiger partial charge in [0.05, 0.1) is 4.47 Å². The first kappa shape index (κ1) is 9.00. The molecule has 0 saturated carbocycles. The highest BCUT2D eigenvalue weighted by Gasteiger charge is 2.13. The number of anilines is 1. The lowest BCUT2D eigenvalue weighted by atomic mass is 10.3. The zero-order valence-corrected chi connectivity index (χ0v) is 8.85. The van der Waals surface area contributed by atoms with E-state index in [0.717, 1.165) is 18.8 Å². The number of nitrogens with zero attached hydrogens (tertiary/aromatic N) is 1. The zero-order chi connectivity index (χ0) is 9.26. The largest absolute Gasteiger partial charge is 0.371 e. The van der Waals surface area contributed by atoms with Crippen LogP contribution in [0.5, 0.6) is 0 Å². The number of rotatable bonds is 1. The highest BCUT2D eigenvalue weighted by molar-refractivity contribution is 9.10. The second-order valence-corrected chi connectivity index (χ2v) is 4.15. The molecule has 0 aliphatic carbocycles. The maximum atomic E-state index is 13.2. The standard InChI is InChI=1S/C10H11BrFN/c11-9-4-3-8(7-10(9)12)13-5-1-2-6-13/h3-4,7H,1-2,5-6H2. The van der Waals surface area contributed by atoms with E-state index < -0.39 is 0 Å². The Balaban J connectivity index is 2.25. The molecule has 0 N–H and O–H groups in total. The van der Waals surface area contributed by atoms with Crippen molar-refractivity contribution in [1.29, 1.82) is 0 Å². The third-order valence-electron chi connectivity index (χ3n) is 2.37. The summed E-state index contributed by atoms with van der Waals surface area (Å²) < 4.78 is 13.7. The molecule has 3 heteroatoms. The molecule has 1 aliphatic heterocycles. The van der Waals surface area contributed by atoms with Gasteiger partial charge in [0.15, 0.2) is 0 Å². The Morgan fingerprint density at radius 2 is 1.92 bits per heavy atom. The molecule has 1 fully saturated rings. The minimum atomic E-state index is -0.176. The van der Waals surface area contributed by atoms with E-state index in [9.17, 15) is 4.39 Å². The third kappa shape index (κ3) is 1.85. The van der Waals surface area contributed by atoms with Crippen molar-refractivity contribution < 1.29 is 4.39 Å². The Kier molecular flexibility index (Phi) is 2.54. The number of hydrogen-bond donors (Lipinski definition) is 0. The molecule has 2 rings (SSSR count). The van der Waals surface area contributed by atoms with E-state index in [1.165, 1.54) is 12.8 Å². The van der Waals surface area contributed by atoms with Crippen LogP contribution in [0.2, 0.25) is 0 Å². The first-order valence-corrected chi connectivity index (χ1v) is 5.27. The lowest BCUT2D eigenvalue weighted by Gasteiger charge is -2.17. The monoisotopic (exact) mass is 243 g/mol. The summed E-state index contributed by atoms with van der Waals surface area (Å²) in [5, 5.41) is 0. The smallest absolute Gasteiger partial charge is 0.139 e. The molecule has 0 atom stereocenters. The van der Waals surface area contributed by atoms with Crippen molar-refractivity contribution in [1.82, 2.24) is 0 Å². The van der Waals surface area contributed by atoms with Crippen molar-refractivity contribution in [3.8, 4) is 0 Å². The Morgan fingerprint density at radius 3 is 2.54 bits per heavy atom. The molecular formula is C10H11BrFN.